The van der Waals surface area contributed by atoms with E-state index in [-0.39, 0.29) is 11.5 Å². The molecule has 3 atom stereocenters. The minimum absolute atomic E-state index is 0.00300. The third kappa shape index (κ3) is 7.25. The molecule has 12 heteroatoms. The molecule has 242 valence electrons. The Bertz CT molecular complexity index is 1710. The first-order valence-corrected chi connectivity index (χ1v) is 15.2. The SMILES string of the molecule is CNC(=O)c1cc(C2=NCCC(c3ccccc3)C(NC(=O)NC3CN(CCOC)O[C@H]3c3cccc(F)c3)=C2C)cn(C)c1=O. The van der Waals surface area contributed by atoms with Gasteiger partial charge in [-0.3, -0.25) is 19.4 Å². The lowest BCUT2D eigenvalue weighted by Gasteiger charge is -2.24. The van der Waals surface area contributed by atoms with Gasteiger partial charge in [0.2, 0.25) is 0 Å². The number of amides is 3. The van der Waals surface area contributed by atoms with Crippen LogP contribution in [0.3, 0.4) is 0 Å². The number of urea groups is 1. The number of pyridine rings is 1. The molecule has 3 aromatic rings. The fraction of sp³-hybridized carbons (Fsp3) is 0.353. The van der Waals surface area contributed by atoms with Crippen molar-refractivity contribution < 1.29 is 23.6 Å². The highest BCUT2D eigenvalue weighted by molar-refractivity contribution is 6.14. The van der Waals surface area contributed by atoms with Gasteiger partial charge in [0, 0.05) is 64.2 Å². The van der Waals surface area contributed by atoms with E-state index in [1.54, 1.807) is 37.6 Å². The van der Waals surface area contributed by atoms with Crippen molar-refractivity contribution >= 4 is 17.6 Å². The van der Waals surface area contributed by atoms with Gasteiger partial charge in [-0.25, -0.2) is 9.18 Å². The molecule has 0 aliphatic carbocycles. The van der Waals surface area contributed by atoms with Crippen LogP contribution in [0.5, 0.6) is 0 Å². The molecule has 3 N–H and O–H groups in total. The molecule has 2 aliphatic rings. The van der Waals surface area contributed by atoms with Crippen molar-refractivity contribution in [3.8, 4) is 0 Å². The van der Waals surface area contributed by atoms with Crippen LogP contribution in [-0.4, -0.2) is 73.7 Å². The molecule has 0 bridgehead atoms. The smallest absolute Gasteiger partial charge is 0.319 e. The normalized spacial score (nSPS) is 20.2. The van der Waals surface area contributed by atoms with Crippen molar-refractivity contribution in [3.05, 3.63) is 117 Å². The van der Waals surface area contributed by atoms with Gasteiger partial charge in [-0.05, 0) is 48.2 Å². The number of aliphatic imine (C=N–C) groups is 1. The van der Waals surface area contributed by atoms with Crippen molar-refractivity contribution in [1.29, 1.82) is 0 Å². The molecule has 5 rings (SSSR count). The molecule has 1 saturated heterocycles. The molecule has 0 radical (unpaired) electrons. The molecule has 2 aliphatic heterocycles. The Hall–Kier alpha value is -4.65. The predicted molar refractivity (Wildman–Crippen MR) is 172 cm³/mol. The van der Waals surface area contributed by atoms with Gasteiger partial charge in [0.05, 0.1) is 18.4 Å². The van der Waals surface area contributed by atoms with Crippen molar-refractivity contribution in [1.82, 2.24) is 25.6 Å². The number of aryl methyl sites for hydroxylation is 1. The summed E-state index contributed by atoms with van der Waals surface area (Å²) in [6.45, 7) is 3.59. The van der Waals surface area contributed by atoms with Crippen LogP contribution in [0.4, 0.5) is 9.18 Å². The molecule has 0 spiro atoms. The number of hydroxylamine groups is 2. The largest absolute Gasteiger partial charge is 0.383 e. The van der Waals surface area contributed by atoms with Gasteiger partial charge in [-0.2, -0.15) is 5.06 Å². The summed E-state index contributed by atoms with van der Waals surface area (Å²) in [7, 11) is 4.66. The van der Waals surface area contributed by atoms with Gasteiger partial charge in [0.25, 0.3) is 11.5 Å². The molecule has 2 unspecified atom stereocenters. The van der Waals surface area contributed by atoms with E-state index < -0.39 is 35.5 Å². The third-order valence-corrected chi connectivity index (χ3v) is 8.24. The Morgan fingerprint density at radius 3 is 2.59 bits per heavy atom. The van der Waals surface area contributed by atoms with Crippen molar-refractivity contribution in [2.24, 2.45) is 12.0 Å². The van der Waals surface area contributed by atoms with Gasteiger partial charge in [0.1, 0.15) is 17.5 Å². The van der Waals surface area contributed by atoms with E-state index in [1.165, 1.54) is 29.8 Å². The molecule has 3 amide bonds. The van der Waals surface area contributed by atoms with Crippen molar-refractivity contribution in [2.45, 2.75) is 31.4 Å². The van der Waals surface area contributed by atoms with Crippen molar-refractivity contribution in [3.63, 3.8) is 0 Å². The first kappa shape index (κ1) is 32.7. The summed E-state index contributed by atoms with van der Waals surface area (Å²) in [5.74, 6) is -1.09. The van der Waals surface area contributed by atoms with E-state index in [1.807, 2.05) is 37.3 Å². The van der Waals surface area contributed by atoms with E-state index in [0.29, 0.717) is 60.8 Å². The Balaban J connectivity index is 1.49. The van der Waals surface area contributed by atoms with Gasteiger partial charge in [-0.15, -0.1) is 0 Å². The molecule has 3 heterocycles. The molecule has 11 nitrogen and oxygen atoms in total. The van der Waals surface area contributed by atoms with E-state index in [9.17, 15) is 18.8 Å². The number of methoxy groups -OCH3 is 1. The fourth-order valence-corrected chi connectivity index (χ4v) is 5.96. The number of carbonyl (C=O) groups is 2. The molecular weight excluding hydrogens is 591 g/mol. The van der Waals surface area contributed by atoms with Gasteiger partial charge in [-0.1, -0.05) is 42.5 Å². The zero-order valence-corrected chi connectivity index (χ0v) is 26.4. The number of nitrogens with one attached hydrogen (secondary N) is 3. The number of aromatic nitrogens is 1. The summed E-state index contributed by atoms with van der Waals surface area (Å²) in [5, 5.41) is 10.4. The Morgan fingerprint density at radius 2 is 1.87 bits per heavy atom. The van der Waals surface area contributed by atoms with Crippen LogP contribution in [0.25, 0.3) is 0 Å². The van der Waals surface area contributed by atoms with Gasteiger partial charge in [0.15, 0.2) is 0 Å². The average Bonchev–Trinajstić information content (AvgIpc) is 3.38. The summed E-state index contributed by atoms with van der Waals surface area (Å²) in [4.78, 5) is 50.1. The first-order valence-electron chi connectivity index (χ1n) is 15.2. The lowest BCUT2D eigenvalue weighted by atomic mass is 9.89. The zero-order chi connectivity index (χ0) is 32.8. The number of allylic oxidation sites excluding steroid dienone is 2. The number of carbonyl (C=O) groups excluding carboxylic acids is 2. The zero-order valence-electron chi connectivity index (χ0n) is 26.4. The average molecular weight is 631 g/mol. The predicted octanol–water partition coefficient (Wildman–Crippen LogP) is 3.44. The van der Waals surface area contributed by atoms with Gasteiger partial charge < -0.3 is 25.3 Å². The van der Waals surface area contributed by atoms with E-state index in [0.717, 1.165) is 5.56 Å². The van der Waals surface area contributed by atoms with E-state index in [4.69, 9.17) is 14.6 Å². The topological polar surface area (TPSA) is 126 Å². The van der Waals surface area contributed by atoms with Crippen molar-refractivity contribution in [2.75, 3.05) is 40.4 Å². The number of nitrogens with zero attached hydrogens (tertiary/aromatic N) is 3. The highest BCUT2D eigenvalue weighted by Gasteiger charge is 2.37. The molecular formula is C34H39FN6O5. The second-order valence-corrected chi connectivity index (χ2v) is 11.3. The highest BCUT2D eigenvalue weighted by Crippen LogP contribution is 2.33. The molecule has 46 heavy (non-hydrogen) atoms. The lowest BCUT2D eigenvalue weighted by Crippen LogP contribution is -2.46. The fourth-order valence-electron chi connectivity index (χ4n) is 5.96. The summed E-state index contributed by atoms with van der Waals surface area (Å²) in [6.07, 6.45) is 1.64. The monoisotopic (exact) mass is 630 g/mol. The van der Waals surface area contributed by atoms with Crippen LogP contribution in [0, 0.1) is 5.82 Å². The molecule has 0 saturated carbocycles. The summed E-state index contributed by atoms with van der Waals surface area (Å²) < 4.78 is 20.7. The summed E-state index contributed by atoms with van der Waals surface area (Å²) >= 11 is 0. The Kier molecular flexibility index (Phi) is 10.4. The number of hydrogen-bond donors (Lipinski definition) is 3. The number of rotatable bonds is 9. The minimum atomic E-state index is -0.613. The Morgan fingerprint density at radius 1 is 1.11 bits per heavy atom. The van der Waals surface area contributed by atoms with Crippen LogP contribution in [0.2, 0.25) is 0 Å². The summed E-state index contributed by atoms with van der Waals surface area (Å²) in [5.41, 5.74) is 3.68. The van der Waals surface area contributed by atoms with E-state index in [2.05, 4.69) is 16.0 Å². The lowest BCUT2D eigenvalue weighted by molar-refractivity contribution is -0.154. The first-order chi connectivity index (χ1) is 22.2. The second-order valence-electron chi connectivity index (χ2n) is 11.3. The van der Waals surface area contributed by atoms with Crippen LogP contribution in [0.1, 0.15) is 52.4 Å². The van der Waals surface area contributed by atoms with Crippen LogP contribution >= 0.6 is 0 Å². The van der Waals surface area contributed by atoms with Crippen LogP contribution in [0.15, 0.2) is 87.9 Å². The maximum absolute atomic E-state index is 14.2. The Labute approximate surface area is 267 Å². The molecule has 1 aromatic heterocycles. The minimum Gasteiger partial charge on any atom is -0.383 e. The van der Waals surface area contributed by atoms with E-state index >= 15 is 0 Å². The maximum atomic E-state index is 14.2. The number of ether oxygens (including phenoxy) is 1. The number of benzene rings is 2. The van der Waals surface area contributed by atoms with Gasteiger partial charge >= 0.3 is 6.03 Å². The third-order valence-electron chi connectivity index (χ3n) is 8.24. The second kappa shape index (κ2) is 14.6. The summed E-state index contributed by atoms with van der Waals surface area (Å²) in [6, 6.07) is 16.6. The number of halogens is 1. The van der Waals surface area contributed by atoms with Crippen LogP contribution < -0.4 is 21.5 Å². The maximum Gasteiger partial charge on any atom is 0.319 e. The quantitative estimate of drug-likeness (QED) is 0.333. The molecule has 1 fully saturated rings. The highest BCUT2D eigenvalue weighted by atomic mass is 19.1. The van der Waals surface area contributed by atoms with Crippen LogP contribution in [-0.2, 0) is 16.6 Å². The number of hydrogen-bond acceptors (Lipinski definition) is 7. The molecule has 2 aromatic carbocycles. The standard InChI is InChI=1S/C34H39FN6O5/c1-21-29(24-18-27(32(42)36-2)33(43)40(3)19-24)37-14-13-26(22-9-6-5-7-10-22)30(21)39-34(44)38-28-20-41(15-16-45-4)46-31(28)23-11-8-12-25(35)17-23/h5-12,17-19,26,28,31H,13-16,20H2,1-4H3,(H,36,42)(H2,38,39,44)/t26?,28?,31-/m0/s1.